The Morgan fingerprint density at radius 3 is 0.600 bits per heavy atom. The van der Waals surface area contributed by atoms with Gasteiger partial charge in [0.2, 0.25) is 0 Å². The summed E-state index contributed by atoms with van der Waals surface area (Å²) in [5.74, 6) is 0. The van der Waals surface area contributed by atoms with Gasteiger partial charge >= 0.3 is 133 Å². The smallest absolute Gasteiger partial charge is 2.00 e. The normalized spacial score (nSPS) is 0. The third-order valence-electron chi connectivity index (χ3n) is 0. The summed E-state index contributed by atoms with van der Waals surface area (Å²) in [7, 11) is 0. The maximum Gasteiger partial charge on any atom is 2.00 e. The molecular weight excluding hydrogens is 262 g/mol. The van der Waals surface area contributed by atoms with Gasteiger partial charge in [-0.3, -0.25) is 0 Å². The van der Waals surface area contributed by atoms with Gasteiger partial charge in [-0.15, -0.1) is 0 Å². The van der Waals surface area contributed by atoms with Crippen molar-refractivity contribution < 1.29 is 144 Å². The summed E-state index contributed by atoms with van der Waals surface area (Å²) < 4.78 is 0. The van der Waals surface area contributed by atoms with E-state index in [9.17, 15) is 0 Å². The van der Waals surface area contributed by atoms with Crippen molar-refractivity contribution in [3.8, 4) is 0 Å². The van der Waals surface area contributed by atoms with Gasteiger partial charge in [0.05, 0.1) is 0 Å². The second-order valence-electron chi connectivity index (χ2n) is 0. The van der Waals surface area contributed by atoms with Gasteiger partial charge in [0.1, 0.15) is 0 Å². The quantitative estimate of drug-likeness (QED) is 0.417. The van der Waals surface area contributed by atoms with Gasteiger partial charge in [0.25, 0.3) is 0 Å². The standard InChI is InChI=1S/Co.2O.2Rb/q+2;2*-2;2*+1. The van der Waals surface area contributed by atoms with E-state index in [4.69, 9.17) is 0 Å². The summed E-state index contributed by atoms with van der Waals surface area (Å²) in [6, 6.07) is 0. The van der Waals surface area contributed by atoms with Crippen molar-refractivity contribution in [2.75, 3.05) is 0 Å². The first-order chi connectivity index (χ1) is 0. The van der Waals surface area contributed by atoms with Crippen molar-refractivity contribution >= 4 is 0 Å². The molecule has 0 spiro atoms. The van der Waals surface area contributed by atoms with Crippen LogP contribution in [-0.2, 0) is 27.7 Å². The first-order valence-corrected chi connectivity index (χ1v) is 0. The van der Waals surface area contributed by atoms with E-state index >= 15 is 0 Å². The van der Waals surface area contributed by atoms with Crippen molar-refractivity contribution in [2.24, 2.45) is 0 Å². The van der Waals surface area contributed by atoms with E-state index in [0.29, 0.717) is 0 Å². The molecule has 2 nitrogen and oxygen atoms in total. The van der Waals surface area contributed by atoms with Gasteiger partial charge in [-0.1, -0.05) is 0 Å². The van der Waals surface area contributed by atoms with Crippen molar-refractivity contribution in [2.45, 2.75) is 0 Å². The zero-order valence-corrected chi connectivity index (χ0v) is 14.0. The molecule has 0 aromatic carbocycles. The van der Waals surface area contributed by atoms with Crippen molar-refractivity contribution in [3.63, 3.8) is 0 Å². The molecule has 1 radical (unpaired) electrons. The van der Waals surface area contributed by atoms with E-state index in [1.807, 2.05) is 0 Å². The summed E-state index contributed by atoms with van der Waals surface area (Å²) >= 11 is 0. The van der Waals surface area contributed by atoms with E-state index < -0.39 is 0 Å². The third kappa shape index (κ3) is 18.0. The van der Waals surface area contributed by atoms with Crippen molar-refractivity contribution in [1.29, 1.82) is 0 Å². The molecular formula is CoO2Rb2. The van der Waals surface area contributed by atoms with Gasteiger partial charge in [-0.05, 0) is 0 Å². The SMILES string of the molecule is [Co+2].[O-2].[O-2].[Rb+].[Rb+]. The monoisotopic (exact) mass is 261 g/mol. The molecule has 0 bridgehead atoms. The second-order valence-corrected chi connectivity index (χ2v) is 0. The van der Waals surface area contributed by atoms with E-state index in [0.717, 1.165) is 0 Å². The number of rotatable bonds is 0. The fourth-order valence-electron chi connectivity index (χ4n) is 0. The minimum absolute atomic E-state index is 0. The average Bonchev–Trinajstić information content (AvgIpc) is 0. The molecule has 0 aliphatic heterocycles. The molecule has 0 heterocycles. The van der Waals surface area contributed by atoms with Crippen LogP contribution in [0.2, 0.25) is 0 Å². The molecule has 0 aromatic heterocycles. The Morgan fingerprint density at radius 1 is 0.600 bits per heavy atom. The maximum absolute atomic E-state index is 0. The van der Waals surface area contributed by atoms with Gasteiger partial charge < -0.3 is 11.0 Å². The molecule has 0 atom stereocenters. The van der Waals surface area contributed by atoms with Gasteiger partial charge in [-0.2, -0.15) is 0 Å². The fourth-order valence-corrected chi connectivity index (χ4v) is 0. The van der Waals surface area contributed by atoms with Crippen molar-refractivity contribution in [3.05, 3.63) is 0 Å². The Morgan fingerprint density at radius 2 is 0.600 bits per heavy atom. The van der Waals surface area contributed by atoms with Crippen LogP contribution < -0.4 is 116 Å². The summed E-state index contributed by atoms with van der Waals surface area (Å²) in [6.45, 7) is 0. The average molecular weight is 262 g/mol. The second kappa shape index (κ2) is 24.4. The first-order valence-electron chi connectivity index (χ1n) is 0. The number of hydrogen-bond donors (Lipinski definition) is 0. The summed E-state index contributed by atoms with van der Waals surface area (Å²) in [6.07, 6.45) is 0. The zero-order chi connectivity index (χ0) is 0. The van der Waals surface area contributed by atoms with Gasteiger partial charge in [0, 0.05) is 0 Å². The Labute approximate surface area is 139 Å². The van der Waals surface area contributed by atoms with Gasteiger partial charge in [-0.25, -0.2) is 0 Å². The molecule has 0 unspecified atom stereocenters. The topological polar surface area (TPSA) is 57.0 Å². The molecule has 0 aromatic rings. The van der Waals surface area contributed by atoms with Crippen LogP contribution in [0.1, 0.15) is 0 Å². The van der Waals surface area contributed by atoms with E-state index in [1.165, 1.54) is 0 Å². The molecule has 0 saturated carbocycles. The molecule has 0 fully saturated rings. The first kappa shape index (κ1) is 35.8. The molecule has 0 N–H and O–H groups in total. The molecule has 0 rings (SSSR count). The molecule has 23 valence electrons. The maximum atomic E-state index is 0. The van der Waals surface area contributed by atoms with Crippen LogP contribution in [0.15, 0.2) is 0 Å². The van der Waals surface area contributed by atoms with Crippen LogP contribution in [0.25, 0.3) is 0 Å². The Kier molecular flexibility index (Phi) is 175. The zero-order valence-electron chi connectivity index (χ0n) is 3.15. The van der Waals surface area contributed by atoms with Crippen LogP contribution in [-0.4, -0.2) is 0 Å². The predicted octanol–water partition coefficient (Wildman–Crippen LogP) is -6.23. The Hall–Kier alpha value is 4.04. The summed E-state index contributed by atoms with van der Waals surface area (Å²) in [5.41, 5.74) is 0. The van der Waals surface area contributed by atoms with Crippen LogP contribution >= 0.6 is 0 Å². The summed E-state index contributed by atoms with van der Waals surface area (Å²) in [4.78, 5) is 0. The largest absolute Gasteiger partial charge is 2.00 e. The minimum atomic E-state index is 0. The molecule has 0 aliphatic rings. The van der Waals surface area contributed by atoms with E-state index in [1.54, 1.807) is 0 Å². The molecule has 5 heavy (non-hydrogen) atoms. The van der Waals surface area contributed by atoms with Crippen LogP contribution in [0.5, 0.6) is 0 Å². The Balaban J connectivity index is 0. The minimum Gasteiger partial charge on any atom is -2.00 e. The fraction of sp³-hybridized carbons (Fsp3) is 0. The van der Waals surface area contributed by atoms with Crippen LogP contribution in [0, 0.1) is 0 Å². The number of hydrogen-bond acceptors (Lipinski definition) is 0. The van der Waals surface area contributed by atoms with Crippen LogP contribution in [0.3, 0.4) is 0 Å². The summed E-state index contributed by atoms with van der Waals surface area (Å²) in [5, 5.41) is 0. The van der Waals surface area contributed by atoms with Crippen molar-refractivity contribution in [1.82, 2.24) is 0 Å². The van der Waals surface area contributed by atoms with Gasteiger partial charge in [0.15, 0.2) is 0 Å². The van der Waals surface area contributed by atoms with E-state index in [2.05, 4.69) is 0 Å². The molecule has 0 amide bonds. The third-order valence-corrected chi connectivity index (χ3v) is 0. The molecule has 0 aliphatic carbocycles. The Bertz CT molecular complexity index is 7.61. The molecule has 0 saturated heterocycles. The van der Waals surface area contributed by atoms with Crippen LogP contribution in [0.4, 0.5) is 0 Å². The molecule has 5 heteroatoms. The van der Waals surface area contributed by atoms with E-state index in [-0.39, 0.29) is 144 Å². The predicted molar refractivity (Wildman–Crippen MR) is 1.37 cm³/mol.